The van der Waals surface area contributed by atoms with Crippen LogP contribution in [0.2, 0.25) is 0 Å². The topological polar surface area (TPSA) is 89.4 Å². The smallest absolute Gasteiger partial charge is 0.240 e. The van der Waals surface area contributed by atoms with E-state index in [1.807, 2.05) is 0 Å². The Hall–Kier alpha value is -1.10. The highest BCUT2D eigenvalue weighted by Crippen LogP contribution is 2.23. The molecular weight excluding hydrogens is 254 g/mol. The number of likely N-dealkylation sites (tertiary alicyclic amines) is 1. The van der Waals surface area contributed by atoms with Crippen LogP contribution in [0.25, 0.3) is 0 Å². The number of primary amides is 1. The van der Waals surface area contributed by atoms with Gasteiger partial charge in [-0.3, -0.25) is 9.59 Å². The average Bonchev–Trinajstić information content (AvgIpc) is 2.42. The molecule has 0 aromatic carbocycles. The van der Waals surface area contributed by atoms with Crippen molar-refractivity contribution < 1.29 is 9.59 Å². The van der Waals surface area contributed by atoms with Gasteiger partial charge in [0.2, 0.25) is 11.8 Å². The lowest BCUT2D eigenvalue weighted by molar-refractivity contribution is -0.141. The molecule has 1 aliphatic heterocycles. The minimum Gasteiger partial charge on any atom is -0.368 e. The van der Waals surface area contributed by atoms with Gasteiger partial charge >= 0.3 is 0 Å². The van der Waals surface area contributed by atoms with E-state index in [4.69, 9.17) is 11.5 Å². The summed E-state index contributed by atoms with van der Waals surface area (Å²) >= 11 is 0. The number of hydrogen-bond donors (Lipinski definition) is 2. The van der Waals surface area contributed by atoms with E-state index in [0.717, 1.165) is 25.7 Å². The molecule has 0 spiro atoms. The van der Waals surface area contributed by atoms with Gasteiger partial charge in [0, 0.05) is 13.0 Å². The van der Waals surface area contributed by atoms with E-state index in [0.29, 0.717) is 37.8 Å². The van der Waals surface area contributed by atoms with Gasteiger partial charge in [0.15, 0.2) is 0 Å². The first kappa shape index (κ1) is 17.0. The molecule has 1 fully saturated rings. The molecule has 0 bridgehead atoms. The molecule has 1 heterocycles. The molecule has 0 saturated carbocycles. The summed E-state index contributed by atoms with van der Waals surface area (Å²) in [6, 6.07) is -0.400. The van der Waals surface area contributed by atoms with Gasteiger partial charge in [0.25, 0.3) is 0 Å². The Kier molecular flexibility index (Phi) is 6.99. The van der Waals surface area contributed by atoms with Gasteiger partial charge in [-0.05, 0) is 50.5 Å². The minimum absolute atomic E-state index is 0.0659. The molecule has 2 atom stereocenters. The second-order valence-electron chi connectivity index (χ2n) is 6.12. The first-order valence-corrected chi connectivity index (χ1v) is 7.76. The summed E-state index contributed by atoms with van der Waals surface area (Å²) in [7, 11) is 0. The lowest BCUT2D eigenvalue weighted by Crippen LogP contribution is -2.50. The molecule has 116 valence electrons. The maximum absolute atomic E-state index is 12.3. The number of rotatable bonds is 7. The number of nitrogens with two attached hydrogens (primary N) is 2. The molecule has 0 aromatic rings. The SMILES string of the molecule is CC(C)C(CCN)CCC(=O)N1CCCCC1C(N)=O. The minimum atomic E-state index is -0.400. The first-order chi connectivity index (χ1) is 9.47. The van der Waals surface area contributed by atoms with E-state index in [1.54, 1.807) is 4.90 Å². The molecule has 1 rings (SSSR count). The maximum atomic E-state index is 12.3. The molecule has 5 nitrogen and oxygen atoms in total. The monoisotopic (exact) mass is 283 g/mol. The molecule has 1 aliphatic rings. The summed E-state index contributed by atoms with van der Waals surface area (Å²) in [6.07, 6.45) is 4.93. The number of carbonyl (C=O) groups excluding carboxylic acids is 2. The molecule has 1 saturated heterocycles. The third-order valence-corrected chi connectivity index (χ3v) is 4.36. The fraction of sp³-hybridized carbons (Fsp3) is 0.867. The standard InChI is InChI=1S/C15H29N3O2/c1-11(2)12(8-9-16)6-7-14(19)18-10-4-3-5-13(18)15(17)20/h11-13H,3-10,16H2,1-2H3,(H2,17,20). The molecule has 0 aliphatic carbocycles. The van der Waals surface area contributed by atoms with Gasteiger partial charge < -0.3 is 16.4 Å². The Labute approximate surface area is 122 Å². The van der Waals surface area contributed by atoms with E-state index in [9.17, 15) is 9.59 Å². The van der Waals surface area contributed by atoms with Crippen LogP contribution >= 0.6 is 0 Å². The van der Waals surface area contributed by atoms with Gasteiger partial charge in [-0.1, -0.05) is 13.8 Å². The fourth-order valence-corrected chi connectivity index (χ4v) is 3.00. The normalized spacial score (nSPS) is 21.0. The van der Waals surface area contributed by atoms with Crippen molar-refractivity contribution in [3.8, 4) is 0 Å². The van der Waals surface area contributed by atoms with Crippen molar-refractivity contribution in [2.45, 2.75) is 58.4 Å². The molecular formula is C15H29N3O2. The van der Waals surface area contributed by atoms with Crippen LogP contribution in [0.3, 0.4) is 0 Å². The average molecular weight is 283 g/mol. The summed E-state index contributed by atoms with van der Waals surface area (Å²) in [5.74, 6) is 0.692. The lowest BCUT2D eigenvalue weighted by Gasteiger charge is -2.34. The molecule has 4 N–H and O–H groups in total. The Bertz CT molecular complexity index is 331. The zero-order chi connectivity index (χ0) is 15.1. The van der Waals surface area contributed by atoms with Crippen LogP contribution in [0.5, 0.6) is 0 Å². The zero-order valence-electron chi connectivity index (χ0n) is 12.8. The van der Waals surface area contributed by atoms with Crippen molar-refractivity contribution in [1.29, 1.82) is 0 Å². The first-order valence-electron chi connectivity index (χ1n) is 7.76. The predicted octanol–water partition coefficient (Wildman–Crippen LogP) is 1.25. The highest BCUT2D eigenvalue weighted by atomic mass is 16.2. The van der Waals surface area contributed by atoms with Crippen LogP contribution in [0.1, 0.15) is 52.4 Å². The molecule has 5 heteroatoms. The van der Waals surface area contributed by atoms with E-state index < -0.39 is 6.04 Å². The van der Waals surface area contributed by atoms with Gasteiger partial charge in [0.05, 0.1) is 0 Å². The van der Waals surface area contributed by atoms with Crippen molar-refractivity contribution >= 4 is 11.8 Å². The molecule has 0 aromatic heterocycles. The van der Waals surface area contributed by atoms with Crippen molar-refractivity contribution in [3.05, 3.63) is 0 Å². The zero-order valence-corrected chi connectivity index (χ0v) is 12.8. The van der Waals surface area contributed by atoms with Gasteiger partial charge in [0.1, 0.15) is 6.04 Å². The van der Waals surface area contributed by atoms with Gasteiger partial charge in [-0.25, -0.2) is 0 Å². The number of nitrogens with zero attached hydrogens (tertiary/aromatic N) is 1. The Morgan fingerprint density at radius 2 is 1.95 bits per heavy atom. The fourth-order valence-electron chi connectivity index (χ4n) is 3.00. The highest BCUT2D eigenvalue weighted by molar-refractivity contribution is 5.86. The van der Waals surface area contributed by atoms with E-state index in [1.165, 1.54) is 0 Å². The third kappa shape index (κ3) is 4.78. The number of hydrogen-bond acceptors (Lipinski definition) is 3. The van der Waals surface area contributed by atoms with Crippen LogP contribution in [-0.2, 0) is 9.59 Å². The largest absolute Gasteiger partial charge is 0.368 e. The number of piperidine rings is 1. The Morgan fingerprint density at radius 1 is 1.25 bits per heavy atom. The second-order valence-corrected chi connectivity index (χ2v) is 6.12. The van der Waals surface area contributed by atoms with Crippen LogP contribution in [-0.4, -0.2) is 35.8 Å². The summed E-state index contributed by atoms with van der Waals surface area (Å²) in [4.78, 5) is 25.4. The van der Waals surface area contributed by atoms with Gasteiger partial charge in [-0.15, -0.1) is 0 Å². The van der Waals surface area contributed by atoms with E-state index in [2.05, 4.69) is 13.8 Å². The van der Waals surface area contributed by atoms with Crippen molar-refractivity contribution in [1.82, 2.24) is 4.90 Å². The third-order valence-electron chi connectivity index (χ3n) is 4.36. The van der Waals surface area contributed by atoms with Crippen molar-refractivity contribution in [3.63, 3.8) is 0 Å². The van der Waals surface area contributed by atoms with Crippen LogP contribution in [0.4, 0.5) is 0 Å². The second kappa shape index (κ2) is 8.25. The molecule has 2 unspecified atom stereocenters. The van der Waals surface area contributed by atoms with Gasteiger partial charge in [-0.2, -0.15) is 0 Å². The number of carbonyl (C=O) groups is 2. The molecule has 0 radical (unpaired) electrons. The molecule has 2 amide bonds. The quantitative estimate of drug-likeness (QED) is 0.737. The maximum Gasteiger partial charge on any atom is 0.240 e. The summed E-state index contributed by atoms with van der Waals surface area (Å²) in [6.45, 7) is 5.65. The van der Waals surface area contributed by atoms with Crippen LogP contribution in [0.15, 0.2) is 0 Å². The van der Waals surface area contributed by atoms with E-state index >= 15 is 0 Å². The highest BCUT2D eigenvalue weighted by Gasteiger charge is 2.30. The Morgan fingerprint density at radius 3 is 2.50 bits per heavy atom. The van der Waals surface area contributed by atoms with Crippen LogP contribution < -0.4 is 11.5 Å². The summed E-state index contributed by atoms with van der Waals surface area (Å²) in [5.41, 5.74) is 11.0. The van der Waals surface area contributed by atoms with Crippen molar-refractivity contribution in [2.75, 3.05) is 13.1 Å². The summed E-state index contributed by atoms with van der Waals surface area (Å²) in [5, 5.41) is 0. The predicted molar refractivity (Wildman–Crippen MR) is 79.8 cm³/mol. The summed E-state index contributed by atoms with van der Waals surface area (Å²) < 4.78 is 0. The number of amides is 2. The van der Waals surface area contributed by atoms with E-state index in [-0.39, 0.29) is 11.8 Å². The lowest BCUT2D eigenvalue weighted by atomic mass is 9.88. The Balaban J connectivity index is 2.53. The van der Waals surface area contributed by atoms with Crippen LogP contribution in [0, 0.1) is 11.8 Å². The van der Waals surface area contributed by atoms with Crippen molar-refractivity contribution in [2.24, 2.45) is 23.3 Å². The molecule has 20 heavy (non-hydrogen) atoms.